The fourth-order valence-electron chi connectivity index (χ4n) is 2.93. The first-order valence-electron chi connectivity index (χ1n) is 7.54. The number of aliphatic hydroxyl groups excluding tert-OH is 1. The van der Waals surface area contributed by atoms with Crippen LogP contribution in [0.2, 0.25) is 0 Å². The molecule has 24 heavy (non-hydrogen) atoms. The van der Waals surface area contributed by atoms with Gasteiger partial charge in [0, 0.05) is 23.6 Å². The van der Waals surface area contributed by atoms with Gasteiger partial charge >= 0.3 is 0 Å². The van der Waals surface area contributed by atoms with Crippen LogP contribution in [0.1, 0.15) is 17.2 Å². The minimum absolute atomic E-state index is 0.00344. The lowest BCUT2D eigenvalue weighted by Crippen LogP contribution is -2.30. The van der Waals surface area contributed by atoms with Gasteiger partial charge in [-0.1, -0.05) is 6.07 Å². The van der Waals surface area contributed by atoms with Crippen molar-refractivity contribution in [3.63, 3.8) is 0 Å². The Hall–Kier alpha value is -2.60. The maximum absolute atomic E-state index is 10.5. The SMILES string of the molecule is COc1ccc([C@H]2Oc3c(ccc(OC)c3OC)C[C@H]2O)c(O)c1. The van der Waals surface area contributed by atoms with E-state index >= 15 is 0 Å². The van der Waals surface area contributed by atoms with Crippen LogP contribution in [0.15, 0.2) is 30.3 Å². The standard InChI is InChI=1S/C18H20O6/c1-21-11-5-6-12(13(19)9-11)17-14(20)8-10-4-7-15(22-2)18(23-3)16(10)24-17/h4-7,9,14,17,19-20H,8H2,1-3H3/t14-,17-/m1/s1. The lowest BCUT2D eigenvalue weighted by molar-refractivity contribution is 0.0174. The number of hydrogen-bond donors (Lipinski definition) is 2. The molecule has 128 valence electrons. The maximum atomic E-state index is 10.5. The van der Waals surface area contributed by atoms with Crippen molar-refractivity contribution >= 4 is 0 Å². The zero-order valence-electron chi connectivity index (χ0n) is 13.8. The number of aliphatic hydroxyl groups is 1. The molecule has 0 unspecified atom stereocenters. The van der Waals surface area contributed by atoms with Gasteiger partial charge < -0.3 is 29.2 Å². The zero-order valence-corrected chi connectivity index (χ0v) is 13.8. The van der Waals surface area contributed by atoms with Gasteiger partial charge in [-0.25, -0.2) is 0 Å². The fraction of sp³-hybridized carbons (Fsp3) is 0.333. The Morgan fingerprint density at radius 1 is 1.04 bits per heavy atom. The molecule has 6 heteroatoms. The molecule has 0 bridgehead atoms. The number of aromatic hydroxyl groups is 1. The van der Waals surface area contributed by atoms with E-state index in [1.165, 1.54) is 20.3 Å². The number of fused-ring (bicyclic) bond motifs is 1. The van der Waals surface area contributed by atoms with Crippen LogP contribution >= 0.6 is 0 Å². The third-order valence-electron chi connectivity index (χ3n) is 4.15. The Morgan fingerprint density at radius 3 is 2.46 bits per heavy atom. The molecule has 0 saturated heterocycles. The van der Waals surface area contributed by atoms with Crippen molar-refractivity contribution in [1.82, 2.24) is 0 Å². The molecule has 1 aliphatic heterocycles. The van der Waals surface area contributed by atoms with Gasteiger partial charge in [-0.15, -0.1) is 0 Å². The molecule has 2 aromatic carbocycles. The second-order valence-electron chi connectivity index (χ2n) is 5.52. The molecule has 0 spiro atoms. The highest BCUT2D eigenvalue weighted by Gasteiger charge is 2.34. The maximum Gasteiger partial charge on any atom is 0.203 e. The van der Waals surface area contributed by atoms with Gasteiger partial charge in [-0.05, 0) is 18.2 Å². The summed E-state index contributed by atoms with van der Waals surface area (Å²) in [6.45, 7) is 0. The minimum Gasteiger partial charge on any atom is -0.507 e. The Labute approximate surface area is 140 Å². The monoisotopic (exact) mass is 332 g/mol. The second kappa shape index (κ2) is 6.49. The third kappa shape index (κ3) is 2.69. The van der Waals surface area contributed by atoms with Crippen molar-refractivity contribution in [3.05, 3.63) is 41.5 Å². The summed E-state index contributed by atoms with van der Waals surface area (Å²) >= 11 is 0. The van der Waals surface area contributed by atoms with E-state index in [1.807, 2.05) is 6.07 Å². The highest BCUT2D eigenvalue weighted by molar-refractivity contribution is 5.57. The number of phenolic OH excluding ortho intramolecular Hbond substituents is 1. The summed E-state index contributed by atoms with van der Waals surface area (Å²) in [5, 5.41) is 20.7. The Kier molecular flexibility index (Phi) is 4.40. The Balaban J connectivity index is 2.02. The van der Waals surface area contributed by atoms with E-state index in [-0.39, 0.29) is 5.75 Å². The van der Waals surface area contributed by atoms with Crippen LogP contribution in [0, 0.1) is 0 Å². The van der Waals surface area contributed by atoms with E-state index in [0.717, 1.165) is 5.56 Å². The number of hydrogen-bond acceptors (Lipinski definition) is 6. The minimum atomic E-state index is -0.796. The number of phenols is 1. The van der Waals surface area contributed by atoms with Crippen LogP contribution in [-0.2, 0) is 6.42 Å². The molecule has 0 amide bonds. The molecule has 2 aromatic rings. The first kappa shape index (κ1) is 16.3. The second-order valence-corrected chi connectivity index (χ2v) is 5.52. The quantitative estimate of drug-likeness (QED) is 0.895. The third-order valence-corrected chi connectivity index (χ3v) is 4.15. The largest absolute Gasteiger partial charge is 0.507 e. The molecule has 2 N–H and O–H groups in total. The first-order chi connectivity index (χ1) is 11.6. The predicted molar refractivity (Wildman–Crippen MR) is 87.3 cm³/mol. The van der Waals surface area contributed by atoms with Crippen LogP contribution in [0.25, 0.3) is 0 Å². The lowest BCUT2D eigenvalue weighted by Gasteiger charge is -2.32. The van der Waals surface area contributed by atoms with Crippen LogP contribution in [0.4, 0.5) is 0 Å². The van der Waals surface area contributed by atoms with Crippen molar-refractivity contribution in [2.24, 2.45) is 0 Å². The molecule has 3 rings (SSSR count). The summed E-state index contributed by atoms with van der Waals surface area (Å²) in [6.07, 6.45) is -1.13. The molecule has 0 radical (unpaired) electrons. The molecular formula is C18H20O6. The molecule has 0 saturated carbocycles. The van der Waals surface area contributed by atoms with Crippen LogP contribution in [0.5, 0.6) is 28.7 Å². The van der Waals surface area contributed by atoms with E-state index < -0.39 is 12.2 Å². The van der Waals surface area contributed by atoms with Gasteiger partial charge in [0.15, 0.2) is 17.6 Å². The summed E-state index contributed by atoms with van der Waals surface area (Å²) < 4.78 is 21.8. The molecule has 0 fully saturated rings. The molecule has 6 nitrogen and oxygen atoms in total. The van der Waals surface area contributed by atoms with E-state index in [2.05, 4.69) is 0 Å². The van der Waals surface area contributed by atoms with Crippen LogP contribution in [-0.4, -0.2) is 37.6 Å². The smallest absolute Gasteiger partial charge is 0.203 e. The van der Waals surface area contributed by atoms with E-state index in [9.17, 15) is 10.2 Å². The van der Waals surface area contributed by atoms with Crippen LogP contribution in [0.3, 0.4) is 0 Å². The summed E-state index contributed by atoms with van der Waals surface area (Å²) in [7, 11) is 4.61. The van der Waals surface area contributed by atoms with Gasteiger partial charge in [0.1, 0.15) is 11.5 Å². The highest BCUT2D eigenvalue weighted by atomic mass is 16.5. The van der Waals surface area contributed by atoms with Gasteiger partial charge in [0.05, 0.1) is 27.4 Å². The Bertz CT molecular complexity index is 743. The normalized spacial score (nSPS) is 19.2. The van der Waals surface area contributed by atoms with Gasteiger partial charge in [0.25, 0.3) is 0 Å². The summed E-state index contributed by atoms with van der Waals surface area (Å²) in [5.74, 6) is 2.07. The molecule has 0 aliphatic carbocycles. The van der Waals surface area contributed by atoms with Crippen LogP contribution < -0.4 is 18.9 Å². The van der Waals surface area contributed by atoms with Crippen molar-refractivity contribution in [3.8, 4) is 28.7 Å². The number of ether oxygens (including phenoxy) is 4. The van der Waals surface area contributed by atoms with E-state index in [4.69, 9.17) is 18.9 Å². The van der Waals surface area contributed by atoms with Gasteiger partial charge in [-0.3, -0.25) is 0 Å². The summed E-state index contributed by atoms with van der Waals surface area (Å²) in [5.41, 5.74) is 1.31. The molecule has 1 aliphatic rings. The topological polar surface area (TPSA) is 77.4 Å². The average molecular weight is 332 g/mol. The van der Waals surface area contributed by atoms with Gasteiger partial charge in [-0.2, -0.15) is 0 Å². The fourth-order valence-corrected chi connectivity index (χ4v) is 2.93. The lowest BCUT2D eigenvalue weighted by atomic mass is 9.93. The zero-order chi connectivity index (χ0) is 17.3. The van der Waals surface area contributed by atoms with Crippen molar-refractivity contribution < 1.29 is 29.2 Å². The number of benzene rings is 2. The average Bonchev–Trinajstić information content (AvgIpc) is 2.60. The summed E-state index contributed by atoms with van der Waals surface area (Å²) in [4.78, 5) is 0. The van der Waals surface area contributed by atoms with Crippen molar-refractivity contribution in [2.75, 3.05) is 21.3 Å². The van der Waals surface area contributed by atoms with Crippen molar-refractivity contribution in [2.45, 2.75) is 18.6 Å². The molecule has 0 aromatic heterocycles. The van der Waals surface area contributed by atoms with Crippen molar-refractivity contribution in [1.29, 1.82) is 0 Å². The molecule has 1 heterocycles. The Morgan fingerprint density at radius 2 is 1.83 bits per heavy atom. The summed E-state index contributed by atoms with van der Waals surface area (Å²) in [6, 6.07) is 8.50. The number of rotatable bonds is 4. The van der Waals surface area contributed by atoms with E-state index in [1.54, 1.807) is 25.3 Å². The van der Waals surface area contributed by atoms with Gasteiger partial charge in [0.2, 0.25) is 5.75 Å². The molecule has 2 atom stereocenters. The predicted octanol–water partition coefficient (Wildman–Crippen LogP) is 2.46. The highest BCUT2D eigenvalue weighted by Crippen LogP contribution is 2.47. The molecular weight excluding hydrogens is 312 g/mol. The number of methoxy groups -OCH3 is 3. The van der Waals surface area contributed by atoms with E-state index in [0.29, 0.717) is 35.0 Å². The first-order valence-corrected chi connectivity index (χ1v) is 7.54.